The van der Waals surface area contributed by atoms with E-state index in [1.54, 1.807) is 30.3 Å². The minimum atomic E-state index is -0.913. The number of aryl methyl sites for hydroxylation is 4. The minimum Gasteiger partial charge on any atom is -0.466 e. The van der Waals surface area contributed by atoms with Crippen molar-refractivity contribution in [2.75, 3.05) is 0 Å². The number of hydrogen-bond donors (Lipinski definition) is 0. The number of pyridine rings is 4. The molecule has 0 saturated heterocycles. The number of nitriles is 1. The second-order valence-electron chi connectivity index (χ2n) is 33.2. The van der Waals surface area contributed by atoms with Gasteiger partial charge in [0.15, 0.2) is 34.2 Å². The Bertz CT molecular complexity index is 7470. The molecule has 0 aliphatic heterocycles. The molecule has 0 bridgehead atoms. The van der Waals surface area contributed by atoms with Crippen molar-refractivity contribution in [1.29, 1.82) is 5.26 Å². The van der Waals surface area contributed by atoms with E-state index in [4.69, 9.17) is 42.9 Å². The molecule has 4 fully saturated rings. The van der Waals surface area contributed by atoms with Gasteiger partial charge in [0.05, 0.1) is 64.6 Å². The normalized spacial score (nSPS) is 17.5. The van der Waals surface area contributed by atoms with Crippen LogP contribution in [-0.2, 0) is 28.2 Å². The second-order valence-corrected chi connectivity index (χ2v) is 33.2. The first-order valence-electron chi connectivity index (χ1n) is 48.5. The highest BCUT2D eigenvalue weighted by Gasteiger charge is 2.32. The second kappa shape index (κ2) is 33.7. The predicted molar refractivity (Wildman–Crippen MR) is 486 cm³/mol. The van der Waals surface area contributed by atoms with Crippen LogP contribution in [-0.4, -0.2) is 0 Å². The fraction of sp³-hybridized carbons (Fsp3) is 0.333. The summed E-state index contributed by atoms with van der Waals surface area (Å²) in [6.45, 7) is 37.8. The molecule has 12 nitrogen and oxygen atoms in total. The highest BCUT2D eigenvalue weighted by Crippen LogP contribution is 2.47. The molecule has 0 atom stereocenters. The molecule has 8 aromatic heterocycles. The summed E-state index contributed by atoms with van der Waals surface area (Å²) >= 11 is 0. The van der Waals surface area contributed by atoms with Crippen LogP contribution in [0.1, 0.15) is 241 Å². The Morgan fingerprint density at radius 1 is 0.342 bits per heavy atom. The van der Waals surface area contributed by atoms with Gasteiger partial charge in [0.25, 0.3) is 0 Å². The lowest BCUT2D eigenvalue weighted by Crippen LogP contribution is -2.35. The number of para-hydroxylation sites is 1. The molecule has 0 amide bonds. The molecule has 16 aromatic rings. The fourth-order valence-electron chi connectivity index (χ4n) is 18.5. The van der Waals surface area contributed by atoms with Crippen molar-refractivity contribution in [1.82, 2.24) is 0 Å². The van der Waals surface area contributed by atoms with Gasteiger partial charge in [0.1, 0.15) is 72.9 Å². The summed E-state index contributed by atoms with van der Waals surface area (Å²) in [5, 5.41) is 16.7. The van der Waals surface area contributed by atoms with Gasteiger partial charge >= 0.3 is 0 Å². The molecular formula is C108H108N8O4+4. The van der Waals surface area contributed by atoms with Crippen molar-refractivity contribution in [3.8, 4) is 51.1 Å². The Hall–Kier alpha value is -12.5. The van der Waals surface area contributed by atoms with E-state index in [-0.39, 0.29) is 24.2 Å². The highest BCUT2D eigenvalue weighted by molar-refractivity contribution is 6.15. The van der Waals surface area contributed by atoms with Crippen LogP contribution in [0.2, 0.25) is 0 Å². The van der Waals surface area contributed by atoms with Crippen molar-refractivity contribution in [2.24, 2.45) is 28.2 Å². The van der Waals surface area contributed by atoms with Gasteiger partial charge in [-0.05, 0) is 177 Å². The average molecular weight is 1590 g/mol. The molecule has 8 heterocycles. The van der Waals surface area contributed by atoms with E-state index in [2.05, 4.69) is 20.6 Å². The van der Waals surface area contributed by atoms with Crippen molar-refractivity contribution in [2.45, 2.75) is 207 Å². The van der Waals surface area contributed by atoms with Gasteiger partial charge < -0.3 is 17.7 Å². The van der Waals surface area contributed by atoms with E-state index >= 15 is 0 Å². The third-order valence-corrected chi connectivity index (χ3v) is 25.6. The molecule has 120 heavy (non-hydrogen) atoms. The summed E-state index contributed by atoms with van der Waals surface area (Å²) in [6, 6.07) is 42.5. The largest absolute Gasteiger partial charge is 0.466 e. The number of furan rings is 4. The van der Waals surface area contributed by atoms with Gasteiger partial charge in [0.2, 0.25) is 28.5 Å². The van der Waals surface area contributed by atoms with E-state index in [1.165, 1.54) is 0 Å². The SMILES string of the molecule is [2H]c1c(C2([2H])CCCCC2)c([2H])c(-c2c(C)ccc3c2oc2c([N+]#[C-])cccc23)[n+](C)c1C.[2H]c1c(C2([2H])CCCCC2)c([2H])c(-c2c(C)ccc3c2oc2cc([N+]#[C-])ccc23)[n+](C)c1C.[2H]c1c(C2([2H])CCCCC2)c([2H])c(-c2c(C)ccc3c2oc2ccc([N+]#[C-])cc23)[n+](C)c1C.[2H]c1c(C2([2H])CCCCC2)c([2H])c(-c2c(C)ccc3c2oc2cccc(C#N)c23)[n+](C)c1C. The Balaban J connectivity index is 0.000000123. The molecule has 600 valence electrons. The summed E-state index contributed by atoms with van der Waals surface area (Å²) in [4.78, 5) is 10.7. The lowest BCUT2D eigenvalue weighted by molar-refractivity contribution is -0.666. The Morgan fingerprint density at radius 2 is 0.683 bits per heavy atom. The predicted octanol–water partition coefficient (Wildman–Crippen LogP) is 28.5. The maximum atomic E-state index is 9.65. The van der Waals surface area contributed by atoms with Crippen LogP contribution >= 0.6 is 0 Å². The third kappa shape index (κ3) is 15.0. The number of benzene rings is 8. The molecule has 4 aliphatic rings. The third-order valence-electron chi connectivity index (χ3n) is 25.6. The van der Waals surface area contributed by atoms with Crippen molar-refractivity contribution >= 4 is 105 Å². The lowest BCUT2D eigenvalue weighted by Gasteiger charge is -2.22. The number of fused-ring (bicyclic) bond motifs is 12. The van der Waals surface area contributed by atoms with Crippen LogP contribution in [0.3, 0.4) is 0 Å². The van der Waals surface area contributed by atoms with Crippen LogP contribution in [0, 0.1) is 86.4 Å². The van der Waals surface area contributed by atoms with Gasteiger partial charge in [-0.1, -0.05) is 168 Å². The molecule has 0 N–H and O–H groups in total. The van der Waals surface area contributed by atoms with Crippen molar-refractivity contribution in [3.63, 3.8) is 0 Å². The number of nitrogens with zero attached hydrogens (tertiary/aromatic N) is 8. The number of hydrogen-bond acceptors (Lipinski definition) is 5. The first-order valence-corrected chi connectivity index (χ1v) is 42.5. The monoisotopic (exact) mass is 1590 g/mol. The van der Waals surface area contributed by atoms with E-state index in [0.29, 0.717) is 188 Å². The zero-order valence-electron chi connectivity index (χ0n) is 82.9. The summed E-state index contributed by atoms with van der Waals surface area (Å²) in [6.07, 6.45) is 17.5. The first kappa shape index (κ1) is 66.4. The van der Waals surface area contributed by atoms with Crippen LogP contribution in [0.15, 0.2) is 187 Å². The van der Waals surface area contributed by atoms with E-state index < -0.39 is 23.6 Å². The average Bonchev–Trinajstić information content (AvgIpc) is 1.33. The smallest absolute Gasteiger partial charge is 0.229 e. The topological polar surface area (TPSA) is 105 Å². The minimum absolute atomic E-state index is 0.238. The van der Waals surface area contributed by atoms with Gasteiger partial charge in [0, 0.05) is 125 Å². The van der Waals surface area contributed by atoms with Crippen LogP contribution in [0.5, 0.6) is 0 Å². The summed E-state index contributed by atoms with van der Waals surface area (Å²) in [7, 11) is 7.54. The Labute approximate surface area is 722 Å². The molecule has 4 aliphatic carbocycles. The molecule has 0 radical (unpaired) electrons. The molecule has 12 heteroatoms. The van der Waals surface area contributed by atoms with Crippen molar-refractivity contribution < 1.29 is 52.4 Å². The number of rotatable bonds is 8. The highest BCUT2D eigenvalue weighted by atomic mass is 16.3. The van der Waals surface area contributed by atoms with E-state index in [9.17, 15) is 16.2 Å². The quantitative estimate of drug-likeness (QED) is 0.111. The maximum Gasteiger partial charge on any atom is 0.229 e. The first-order chi connectivity index (χ1) is 63.1. The molecular weight excluding hydrogens is 1470 g/mol. The van der Waals surface area contributed by atoms with Crippen LogP contribution in [0.25, 0.3) is 147 Å². The van der Waals surface area contributed by atoms with Gasteiger partial charge in [-0.2, -0.15) is 23.5 Å². The van der Waals surface area contributed by atoms with Gasteiger partial charge in [-0.3, -0.25) is 0 Å². The zero-order valence-corrected chi connectivity index (χ0v) is 70.9. The molecule has 8 aromatic carbocycles. The zero-order chi connectivity index (χ0) is 94.0. The standard InChI is InChI=1S/4C27H27N2O/c1-17-13-14-22-21-11-8-12-23(28-3)26(21)30-27(22)25(17)24-16-20(15-18(2)29(24)4)19-9-6-5-7-10-19;1-17-10-12-23-22-13-11-21(28-3)16-25(22)30-27(23)26(17)24-15-20(14-18(2)29(24)4)19-8-6-5-7-9-19;1-17-10-12-22-23-16-21(28-3)11-13-25(23)30-27(22)26(17)24-15-20(14-18(2)29(24)4)19-8-6-5-7-9-19;1-17-12-13-22-26-20(16-28)10-7-11-24(26)30-27(22)25(17)23-15-21(14-18(2)29(23)3)19-8-5-4-6-9-19/h8,11-16,19H,5-7,9-10H2,1-2,4H3;2*10-16,19H,5-9H2,1-2,4H3;7,10-15,19H,4-6,8-9H2,1-3H3/q4*+1/i15D,16D,19D;3*14D,15D,19D. The molecule has 0 unspecified atom stereocenters. The van der Waals surface area contributed by atoms with Gasteiger partial charge in [-0.25, -0.2) is 14.5 Å². The van der Waals surface area contributed by atoms with E-state index in [1.807, 2.05) is 193 Å². The molecule has 0 spiro atoms. The Kier molecular flexibility index (Phi) is 18.7. The van der Waals surface area contributed by atoms with E-state index in [0.717, 1.165) is 187 Å². The fourth-order valence-corrected chi connectivity index (χ4v) is 18.5. The molecule has 20 rings (SSSR count). The number of aromatic nitrogens is 4. The van der Waals surface area contributed by atoms with Crippen LogP contribution in [0.4, 0.5) is 17.1 Å². The van der Waals surface area contributed by atoms with Gasteiger partial charge in [-0.15, -0.1) is 0 Å². The summed E-state index contributed by atoms with van der Waals surface area (Å²) < 4.78 is 142. The lowest BCUT2D eigenvalue weighted by atomic mass is 9.83. The Morgan fingerprint density at radius 3 is 1.10 bits per heavy atom. The summed E-state index contributed by atoms with van der Waals surface area (Å²) in [5.41, 5.74) is 22.2. The molecule has 4 saturated carbocycles. The summed E-state index contributed by atoms with van der Waals surface area (Å²) in [5.74, 6) is -3.63. The van der Waals surface area contributed by atoms with Crippen molar-refractivity contribution in [3.05, 3.63) is 277 Å². The maximum absolute atomic E-state index is 9.65. The van der Waals surface area contributed by atoms with Crippen LogP contribution < -0.4 is 18.3 Å².